The molecule has 2 aromatic rings. The molecule has 5 nitrogen and oxygen atoms in total. The highest BCUT2D eigenvalue weighted by molar-refractivity contribution is 5.78. The van der Waals surface area contributed by atoms with E-state index in [2.05, 4.69) is 9.72 Å². The van der Waals surface area contributed by atoms with Crippen LogP contribution in [0.15, 0.2) is 48.8 Å². The zero-order valence-corrected chi connectivity index (χ0v) is 13.5. The summed E-state index contributed by atoms with van der Waals surface area (Å²) in [5.74, 6) is 0.0659. The van der Waals surface area contributed by atoms with Crippen LogP contribution in [0.1, 0.15) is 17.2 Å². The predicted molar refractivity (Wildman–Crippen MR) is 86.3 cm³/mol. The number of aromatic nitrogens is 1. The minimum Gasteiger partial charge on any atom is -0.435 e. The van der Waals surface area contributed by atoms with Crippen LogP contribution in [0.2, 0.25) is 0 Å². The monoisotopic (exact) mass is 348 g/mol. The highest BCUT2D eigenvalue weighted by atomic mass is 19.3. The largest absolute Gasteiger partial charge is 0.435 e. The fourth-order valence-electron chi connectivity index (χ4n) is 2.76. The topological polar surface area (TPSA) is 51.7 Å². The number of amides is 1. The van der Waals surface area contributed by atoms with Gasteiger partial charge in [0, 0.05) is 18.9 Å². The second-order valence-corrected chi connectivity index (χ2v) is 5.69. The third-order valence-corrected chi connectivity index (χ3v) is 3.95. The SMILES string of the molecule is O=C(Cc1cccnc1)N1CCOC(c2cccc(OC(F)F)c2)C1. The average Bonchev–Trinajstić information content (AvgIpc) is 2.62. The molecule has 0 spiro atoms. The molecule has 1 aromatic carbocycles. The Kier molecular flexibility index (Phi) is 5.55. The zero-order valence-electron chi connectivity index (χ0n) is 13.5. The summed E-state index contributed by atoms with van der Waals surface area (Å²) in [6.45, 7) is -1.61. The Balaban J connectivity index is 1.65. The lowest BCUT2D eigenvalue weighted by atomic mass is 10.1. The first-order valence-electron chi connectivity index (χ1n) is 7.95. The molecule has 0 N–H and O–H groups in total. The molecule has 3 rings (SSSR count). The molecular weight excluding hydrogens is 330 g/mol. The number of halogens is 2. The first-order valence-corrected chi connectivity index (χ1v) is 7.95. The van der Waals surface area contributed by atoms with Gasteiger partial charge in [-0.3, -0.25) is 9.78 Å². The molecule has 25 heavy (non-hydrogen) atoms. The predicted octanol–water partition coefficient (Wildman–Crippen LogP) is 2.83. The van der Waals surface area contributed by atoms with E-state index in [-0.39, 0.29) is 24.2 Å². The fraction of sp³-hybridized carbons (Fsp3) is 0.333. The lowest BCUT2D eigenvalue weighted by Crippen LogP contribution is -2.43. The number of carbonyl (C=O) groups is 1. The van der Waals surface area contributed by atoms with E-state index >= 15 is 0 Å². The van der Waals surface area contributed by atoms with E-state index < -0.39 is 6.61 Å². The molecule has 132 valence electrons. The average molecular weight is 348 g/mol. The van der Waals surface area contributed by atoms with Crippen molar-refractivity contribution in [1.82, 2.24) is 9.88 Å². The molecule has 2 heterocycles. The molecule has 0 aliphatic carbocycles. The van der Waals surface area contributed by atoms with Crippen molar-refractivity contribution >= 4 is 5.91 Å². The van der Waals surface area contributed by atoms with Gasteiger partial charge in [-0.25, -0.2) is 0 Å². The minimum atomic E-state index is -2.87. The Labute approximate surface area is 144 Å². The van der Waals surface area contributed by atoms with Gasteiger partial charge in [0.25, 0.3) is 0 Å². The summed E-state index contributed by atoms with van der Waals surface area (Å²) >= 11 is 0. The van der Waals surface area contributed by atoms with Crippen LogP contribution >= 0.6 is 0 Å². The normalized spacial score (nSPS) is 17.6. The van der Waals surface area contributed by atoms with Crippen LogP contribution in [-0.2, 0) is 16.0 Å². The van der Waals surface area contributed by atoms with Gasteiger partial charge in [0.1, 0.15) is 11.9 Å². The molecule has 0 saturated carbocycles. The van der Waals surface area contributed by atoms with Crippen molar-refractivity contribution < 1.29 is 23.0 Å². The van der Waals surface area contributed by atoms with E-state index in [0.29, 0.717) is 25.3 Å². The summed E-state index contributed by atoms with van der Waals surface area (Å²) in [5.41, 5.74) is 1.56. The van der Waals surface area contributed by atoms with Crippen LogP contribution in [-0.4, -0.2) is 42.1 Å². The molecule has 0 bridgehead atoms. The van der Waals surface area contributed by atoms with Crippen molar-refractivity contribution in [3.8, 4) is 5.75 Å². The Hall–Kier alpha value is -2.54. The van der Waals surface area contributed by atoms with Crippen LogP contribution in [0.25, 0.3) is 0 Å². The molecule has 7 heteroatoms. The first-order chi connectivity index (χ1) is 12.1. The maximum Gasteiger partial charge on any atom is 0.387 e. The summed E-state index contributed by atoms with van der Waals surface area (Å²) in [6.07, 6.45) is 3.23. The van der Waals surface area contributed by atoms with Gasteiger partial charge in [-0.05, 0) is 29.3 Å². The molecule has 1 aliphatic heterocycles. The third kappa shape index (κ3) is 4.73. The number of ether oxygens (including phenoxy) is 2. The number of nitrogens with zero attached hydrogens (tertiary/aromatic N) is 2. The van der Waals surface area contributed by atoms with Crippen LogP contribution in [0.5, 0.6) is 5.75 Å². The van der Waals surface area contributed by atoms with Crippen molar-refractivity contribution in [2.24, 2.45) is 0 Å². The highest BCUT2D eigenvalue weighted by Crippen LogP contribution is 2.26. The van der Waals surface area contributed by atoms with Crippen LogP contribution in [0.3, 0.4) is 0 Å². The summed E-state index contributed by atoms with van der Waals surface area (Å²) in [6, 6.07) is 10.0. The van der Waals surface area contributed by atoms with Crippen molar-refractivity contribution in [2.75, 3.05) is 19.7 Å². The number of alkyl halides is 2. The van der Waals surface area contributed by atoms with Crippen molar-refractivity contribution in [3.05, 3.63) is 59.9 Å². The Bertz CT molecular complexity index is 712. The minimum absolute atomic E-state index is 0.0127. The number of carbonyl (C=O) groups excluding carboxylic acids is 1. The lowest BCUT2D eigenvalue weighted by Gasteiger charge is -2.33. The van der Waals surface area contributed by atoms with Gasteiger partial charge in [0.15, 0.2) is 0 Å². The number of benzene rings is 1. The Morgan fingerprint density at radius 3 is 3.00 bits per heavy atom. The number of rotatable bonds is 5. The first kappa shape index (κ1) is 17.3. The van der Waals surface area contributed by atoms with Crippen molar-refractivity contribution in [1.29, 1.82) is 0 Å². The number of pyridine rings is 1. The summed E-state index contributed by atoms with van der Waals surface area (Å²) in [4.78, 5) is 18.2. The maximum atomic E-state index is 12.5. The van der Waals surface area contributed by atoms with E-state index in [4.69, 9.17) is 4.74 Å². The number of hydrogen-bond acceptors (Lipinski definition) is 4. The molecule has 1 saturated heterocycles. The van der Waals surface area contributed by atoms with Gasteiger partial charge in [-0.15, -0.1) is 0 Å². The van der Waals surface area contributed by atoms with E-state index in [1.54, 1.807) is 35.5 Å². The van der Waals surface area contributed by atoms with E-state index in [0.717, 1.165) is 5.56 Å². The van der Waals surface area contributed by atoms with Crippen LogP contribution < -0.4 is 4.74 Å². The second-order valence-electron chi connectivity index (χ2n) is 5.69. The van der Waals surface area contributed by atoms with E-state index in [9.17, 15) is 13.6 Å². The molecule has 1 aromatic heterocycles. The molecule has 1 fully saturated rings. The van der Waals surface area contributed by atoms with Gasteiger partial charge < -0.3 is 14.4 Å². The maximum absolute atomic E-state index is 12.5. The molecule has 0 radical (unpaired) electrons. The smallest absolute Gasteiger partial charge is 0.387 e. The van der Waals surface area contributed by atoms with Crippen molar-refractivity contribution in [3.63, 3.8) is 0 Å². The van der Waals surface area contributed by atoms with Gasteiger partial charge in [-0.1, -0.05) is 18.2 Å². The lowest BCUT2D eigenvalue weighted by molar-refractivity contribution is -0.138. The number of morpholine rings is 1. The Morgan fingerprint density at radius 1 is 1.36 bits per heavy atom. The van der Waals surface area contributed by atoms with E-state index in [1.165, 1.54) is 12.1 Å². The van der Waals surface area contributed by atoms with Crippen molar-refractivity contribution in [2.45, 2.75) is 19.1 Å². The summed E-state index contributed by atoms with van der Waals surface area (Å²) in [5, 5.41) is 0. The quantitative estimate of drug-likeness (QED) is 0.834. The molecular formula is C18H18F2N2O3. The van der Waals surface area contributed by atoms with Gasteiger partial charge in [-0.2, -0.15) is 8.78 Å². The highest BCUT2D eigenvalue weighted by Gasteiger charge is 2.25. The van der Waals surface area contributed by atoms with Gasteiger partial charge >= 0.3 is 6.61 Å². The standard InChI is InChI=1S/C18H18F2N2O3/c19-18(20)25-15-5-1-4-14(10-15)16-12-22(7-8-24-16)17(23)9-13-3-2-6-21-11-13/h1-6,10-11,16,18H,7-9,12H2. The third-order valence-electron chi connectivity index (χ3n) is 3.95. The molecule has 1 amide bonds. The summed E-state index contributed by atoms with van der Waals surface area (Å²) < 4.78 is 34.8. The molecule has 1 atom stereocenters. The summed E-state index contributed by atoms with van der Waals surface area (Å²) in [7, 11) is 0. The van der Waals surface area contributed by atoms with Crippen LogP contribution in [0, 0.1) is 0 Å². The Morgan fingerprint density at radius 2 is 2.24 bits per heavy atom. The molecule has 1 unspecified atom stereocenters. The second kappa shape index (κ2) is 8.02. The molecule has 1 aliphatic rings. The van der Waals surface area contributed by atoms with Gasteiger partial charge in [0.05, 0.1) is 19.6 Å². The fourth-order valence-corrected chi connectivity index (χ4v) is 2.76. The van der Waals surface area contributed by atoms with Crippen LogP contribution in [0.4, 0.5) is 8.78 Å². The number of hydrogen-bond donors (Lipinski definition) is 0. The van der Waals surface area contributed by atoms with E-state index in [1.807, 2.05) is 6.07 Å². The zero-order chi connectivity index (χ0) is 17.6. The van der Waals surface area contributed by atoms with Gasteiger partial charge in [0.2, 0.25) is 5.91 Å².